The van der Waals surface area contributed by atoms with Gasteiger partial charge in [0.25, 0.3) is 0 Å². The summed E-state index contributed by atoms with van der Waals surface area (Å²) in [7, 11) is 0. The molecule has 0 saturated carbocycles. The summed E-state index contributed by atoms with van der Waals surface area (Å²) >= 11 is 6.47. The lowest BCUT2D eigenvalue weighted by Crippen LogP contribution is -1.98. The number of halogens is 1. The van der Waals surface area contributed by atoms with Gasteiger partial charge in [0.15, 0.2) is 11.6 Å². The van der Waals surface area contributed by atoms with Crippen molar-refractivity contribution in [2.75, 3.05) is 0 Å². The minimum Gasteiger partial charge on any atom is -0.208 e. The first-order valence-corrected chi connectivity index (χ1v) is 11.9. The molecule has 0 N–H and O–H groups in total. The zero-order valence-corrected chi connectivity index (χ0v) is 19.4. The van der Waals surface area contributed by atoms with E-state index < -0.39 is 0 Å². The number of nitrogens with zero attached hydrogens (tertiary/aromatic N) is 3. The zero-order chi connectivity index (χ0) is 23.4. The second kappa shape index (κ2) is 7.86. The van der Waals surface area contributed by atoms with Crippen molar-refractivity contribution in [1.29, 1.82) is 0 Å². The number of fused-ring (bicyclic) bond motifs is 6. The smallest absolute Gasteiger partial charge is 0.208 e. The fourth-order valence-electron chi connectivity index (χ4n) is 4.98. The summed E-state index contributed by atoms with van der Waals surface area (Å²) in [5.41, 5.74) is 1.85. The van der Waals surface area contributed by atoms with Gasteiger partial charge in [-0.2, -0.15) is 9.97 Å². The van der Waals surface area contributed by atoms with Crippen LogP contribution in [-0.2, 0) is 0 Å². The second-order valence-electron chi connectivity index (χ2n) is 8.67. The van der Waals surface area contributed by atoms with E-state index >= 15 is 0 Å². The molecule has 7 rings (SSSR count). The summed E-state index contributed by atoms with van der Waals surface area (Å²) in [6, 6.07) is 37.9. The minimum atomic E-state index is 0.181. The lowest BCUT2D eigenvalue weighted by Gasteiger charge is -2.11. The van der Waals surface area contributed by atoms with E-state index in [0.29, 0.717) is 11.6 Å². The Morgan fingerprint density at radius 2 is 1.00 bits per heavy atom. The van der Waals surface area contributed by atoms with E-state index in [1.165, 1.54) is 21.5 Å². The van der Waals surface area contributed by atoms with Gasteiger partial charge in [0.1, 0.15) is 0 Å². The summed E-state index contributed by atoms with van der Waals surface area (Å²) < 4.78 is 0. The number of rotatable bonds is 2. The average molecular weight is 468 g/mol. The van der Waals surface area contributed by atoms with Crippen LogP contribution in [-0.4, -0.2) is 15.0 Å². The molecule has 1 heterocycles. The third-order valence-corrected chi connectivity index (χ3v) is 6.79. The third-order valence-electron chi connectivity index (χ3n) is 6.62. The van der Waals surface area contributed by atoms with Crippen molar-refractivity contribution in [3.05, 3.63) is 114 Å². The molecule has 0 fully saturated rings. The standard InChI is InChI=1S/C31H18ClN3/c32-31-34-29(22-16-15-20-14-13-19-7-1-3-9-23(19)27(20)18-22)33-30(35-31)28-17-21-8-2-4-10-24(21)25-11-5-6-12-26(25)28/h1-18H. The normalized spacial score (nSPS) is 11.6. The van der Waals surface area contributed by atoms with Crippen LogP contribution in [0.1, 0.15) is 0 Å². The Kier molecular flexibility index (Phi) is 4.51. The quantitative estimate of drug-likeness (QED) is 0.239. The van der Waals surface area contributed by atoms with E-state index in [0.717, 1.165) is 32.7 Å². The molecule has 0 amide bonds. The first-order valence-electron chi connectivity index (χ1n) is 11.5. The van der Waals surface area contributed by atoms with Gasteiger partial charge in [-0.25, -0.2) is 4.98 Å². The first kappa shape index (κ1) is 20.1. The van der Waals surface area contributed by atoms with Crippen LogP contribution in [0, 0.1) is 0 Å². The van der Waals surface area contributed by atoms with Crippen LogP contribution in [0.25, 0.3) is 65.9 Å². The maximum absolute atomic E-state index is 6.47. The fourth-order valence-corrected chi connectivity index (χ4v) is 5.14. The van der Waals surface area contributed by atoms with Crippen LogP contribution in [0.15, 0.2) is 109 Å². The molecule has 0 radical (unpaired) electrons. The minimum absolute atomic E-state index is 0.181. The molecule has 0 bridgehead atoms. The molecule has 0 unspecified atom stereocenters. The van der Waals surface area contributed by atoms with Gasteiger partial charge >= 0.3 is 0 Å². The summed E-state index contributed by atoms with van der Waals surface area (Å²) in [6.07, 6.45) is 0. The highest BCUT2D eigenvalue weighted by Crippen LogP contribution is 2.35. The van der Waals surface area contributed by atoms with Gasteiger partial charge in [0.2, 0.25) is 5.28 Å². The van der Waals surface area contributed by atoms with Crippen LogP contribution in [0.4, 0.5) is 0 Å². The van der Waals surface area contributed by atoms with E-state index in [9.17, 15) is 0 Å². The zero-order valence-electron chi connectivity index (χ0n) is 18.6. The Hall–Kier alpha value is -4.34. The predicted octanol–water partition coefficient (Wildman–Crippen LogP) is 8.47. The lowest BCUT2D eigenvalue weighted by atomic mass is 9.97. The third kappa shape index (κ3) is 3.32. The Labute approximate surface area is 206 Å². The fraction of sp³-hybridized carbons (Fsp3) is 0. The molecule has 4 heteroatoms. The Morgan fingerprint density at radius 1 is 0.429 bits per heavy atom. The van der Waals surface area contributed by atoms with Crippen LogP contribution in [0.2, 0.25) is 5.28 Å². The monoisotopic (exact) mass is 467 g/mol. The number of benzene rings is 6. The molecule has 164 valence electrons. The van der Waals surface area contributed by atoms with Gasteiger partial charge in [-0.15, -0.1) is 0 Å². The summed E-state index contributed by atoms with van der Waals surface area (Å²) in [5.74, 6) is 1.13. The van der Waals surface area contributed by atoms with Crippen molar-refractivity contribution in [3.63, 3.8) is 0 Å². The summed E-state index contributed by atoms with van der Waals surface area (Å²) in [5, 5.41) is 9.51. The summed E-state index contributed by atoms with van der Waals surface area (Å²) in [4.78, 5) is 14.0. The van der Waals surface area contributed by atoms with Crippen molar-refractivity contribution in [2.45, 2.75) is 0 Å². The predicted molar refractivity (Wildman–Crippen MR) is 146 cm³/mol. The van der Waals surface area contributed by atoms with E-state index in [4.69, 9.17) is 16.6 Å². The second-order valence-corrected chi connectivity index (χ2v) is 9.00. The Bertz CT molecular complexity index is 1930. The maximum Gasteiger partial charge on any atom is 0.226 e. The highest BCUT2D eigenvalue weighted by atomic mass is 35.5. The van der Waals surface area contributed by atoms with Crippen LogP contribution >= 0.6 is 11.6 Å². The van der Waals surface area contributed by atoms with Gasteiger partial charge in [0.05, 0.1) is 0 Å². The SMILES string of the molecule is Clc1nc(-c2ccc3ccc4ccccc4c3c2)nc(-c2cc3ccccc3c3ccccc23)n1. The maximum atomic E-state index is 6.47. The van der Waals surface area contributed by atoms with E-state index in [1.54, 1.807) is 0 Å². The van der Waals surface area contributed by atoms with Gasteiger partial charge in [-0.05, 0) is 66.8 Å². The Balaban J connectivity index is 1.47. The molecule has 1 aromatic heterocycles. The van der Waals surface area contributed by atoms with Crippen molar-refractivity contribution in [1.82, 2.24) is 15.0 Å². The van der Waals surface area contributed by atoms with E-state index in [-0.39, 0.29) is 5.28 Å². The highest BCUT2D eigenvalue weighted by molar-refractivity contribution is 6.28. The molecule has 0 saturated heterocycles. The van der Waals surface area contributed by atoms with Gasteiger partial charge in [-0.1, -0.05) is 97.1 Å². The van der Waals surface area contributed by atoms with Crippen LogP contribution < -0.4 is 0 Å². The van der Waals surface area contributed by atoms with Crippen molar-refractivity contribution in [3.8, 4) is 22.8 Å². The number of hydrogen-bond donors (Lipinski definition) is 0. The van der Waals surface area contributed by atoms with E-state index in [2.05, 4.69) is 101 Å². The van der Waals surface area contributed by atoms with Gasteiger partial charge < -0.3 is 0 Å². The van der Waals surface area contributed by atoms with Gasteiger partial charge in [-0.3, -0.25) is 0 Å². The topological polar surface area (TPSA) is 38.7 Å². The largest absolute Gasteiger partial charge is 0.226 e. The first-order chi connectivity index (χ1) is 17.2. The number of hydrogen-bond acceptors (Lipinski definition) is 3. The average Bonchev–Trinajstić information content (AvgIpc) is 2.92. The van der Waals surface area contributed by atoms with Crippen molar-refractivity contribution >= 4 is 54.7 Å². The molecule has 35 heavy (non-hydrogen) atoms. The molecule has 0 aliphatic heterocycles. The molecule has 0 spiro atoms. The Morgan fingerprint density at radius 3 is 1.80 bits per heavy atom. The number of aromatic nitrogens is 3. The van der Waals surface area contributed by atoms with Crippen molar-refractivity contribution in [2.24, 2.45) is 0 Å². The molecule has 7 aromatic rings. The lowest BCUT2D eigenvalue weighted by molar-refractivity contribution is 1.07. The van der Waals surface area contributed by atoms with Crippen LogP contribution in [0.5, 0.6) is 0 Å². The molecule has 3 nitrogen and oxygen atoms in total. The molecular weight excluding hydrogens is 450 g/mol. The van der Waals surface area contributed by atoms with Gasteiger partial charge in [0, 0.05) is 11.1 Å². The van der Waals surface area contributed by atoms with Crippen LogP contribution in [0.3, 0.4) is 0 Å². The highest BCUT2D eigenvalue weighted by Gasteiger charge is 2.14. The van der Waals surface area contributed by atoms with Crippen molar-refractivity contribution < 1.29 is 0 Å². The molecule has 0 atom stereocenters. The molecule has 0 aliphatic rings. The van der Waals surface area contributed by atoms with E-state index in [1.807, 2.05) is 18.2 Å². The molecule has 6 aromatic carbocycles. The molecular formula is C31H18ClN3. The summed E-state index contributed by atoms with van der Waals surface area (Å²) in [6.45, 7) is 0. The molecule has 0 aliphatic carbocycles.